The number of aryl methyl sites for hydroxylation is 1. The summed E-state index contributed by atoms with van der Waals surface area (Å²) in [6.45, 7) is 0. The molecule has 0 radical (unpaired) electrons. The Morgan fingerprint density at radius 2 is 2.67 bits per heavy atom. The molecule has 0 aliphatic heterocycles. The molecule has 4 nitrogen and oxygen atoms in total. The van der Waals surface area contributed by atoms with Crippen molar-refractivity contribution in [3.8, 4) is 0 Å². The average Bonchev–Trinajstić information content (AvgIpc) is 2.17. The molecule has 0 atom stereocenters. The highest BCUT2D eigenvalue weighted by Gasteiger charge is 1.88. The highest BCUT2D eigenvalue weighted by atomic mass is 16.4. The first-order valence-corrected chi connectivity index (χ1v) is 2.48. The van der Waals surface area contributed by atoms with Gasteiger partial charge in [-0.2, -0.15) is 0 Å². The molecule has 1 N–H and O–H groups in total. The third-order valence-corrected chi connectivity index (χ3v) is 0.915. The molecule has 1 aromatic rings. The number of imidazole rings is 1. The van der Waals surface area contributed by atoms with Gasteiger partial charge < -0.3 is 9.77 Å². The lowest BCUT2D eigenvalue weighted by atomic mass is 10.5. The Labute approximate surface area is 52.4 Å². The highest BCUT2D eigenvalue weighted by molar-refractivity contribution is 5.75. The van der Waals surface area contributed by atoms with Crippen LogP contribution in [-0.4, -0.2) is 21.0 Å². The predicted molar refractivity (Wildman–Crippen MR) is 32.6 cm³/mol. The van der Waals surface area contributed by atoms with Gasteiger partial charge >= 0.3 is 0 Å². The molecule has 0 saturated carbocycles. The standard InChI is InChI=1S/C5H7N3O/c1-8-3-5(2-7-9)6-4-8/h2-4,9H,1H3/b7-2+. The van der Waals surface area contributed by atoms with Gasteiger partial charge in [0.2, 0.25) is 0 Å². The Kier molecular flexibility index (Phi) is 1.48. The van der Waals surface area contributed by atoms with Crippen molar-refractivity contribution in [1.82, 2.24) is 9.55 Å². The van der Waals surface area contributed by atoms with Crippen molar-refractivity contribution in [2.24, 2.45) is 12.2 Å². The van der Waals surface area contributed by atoms with Crippen molar-refractivity contribution in [3.63, 3.8) is 0 Å². The molecular formula is C5H7N3O. The summed E-state index contributed by atoms with van der Waals surface area (Å²) in [7, 11) is 1.85. The van der Waals surface area contributed by atoms with Crippen LogP contribution in [-0.2, 0) is 7.05 Å². The summed E-state index contributed by atoms with van der Waals surface area (Å²) in [5.74, 6) is 0. The van der Waals surface area contributed by atoms with Crippen molar-refractivity contribution >= 4 is 6.21 Å². The Balaban J connectivity index is 2.85. The van der Waals surface area contributed by atoms with Crippen molar-refractivity contribution in [3.05, 3.63) is 18.2 Å². The number of aromatic nitrogens is 2. The second kappa shape index (κ2) is 2.30. The normalized spacial score (nSPS) is 10.8. The van der Waals surface area contributed by atoms with Gasteiger partial charge in [0.25, 0.3) is 0 Å². The van der Waals surface area contributed by atoms with Gasteiger partial charge in [-0.3, -0.25) is 0 Å². The van der Waals surface area contributed by atoms with E-state index in [1.165, 1.54) is 6.21 Å². The van der Waals surface area contributed by atoms with Crippen LogP contribution in [0.4, 0.5) is 0 Å². The van der Waals surface area contributed by atoms with E-state index < -0.39 is 0 Å². The van der Waals surface area contributed by atoms with E-state index in [2.05, 4.69) is 10.1 Å². The van der Waals surface area contributed by atoms with Crippen molar-refractivity contribution in [1.29, 1.82) is 0 Å². The summed E-state index contributed by atoms with van der Waals surface area (Å²) < 4.78 is 1.77. The molecule has 48 valence electrons. The van der Waals surface area contributed by atoms with Gasteiger partial charge in [0.15, 0.2) is 0 Å². The number of hydrogen-bond acceptors (Lipinski definition) is 3. The molecule has 0 amide bonds. The Morgan fingerprint density at radius 1 is 1.89 bits per heavy atom. The summed E-state index contributed by atoms with van der Waals surface area (Å²) in [5.41, 5.74) is 0.653. The van der Waals surface area contributed by atoms with Gasteiger partial charge in [-0.1, -0.05) is 5.16 Å². The summed E-state index contributed by atoms with van der Waals surface area (Å²) in [6, 6.07) is 0. The van der Waals surface area contributed by atoms with Gasteiger partial charge in [-0.15, -0.1) is 0 Å². The number of hydrogen-bond donors (Lipinski definition) is 1. The maximum atomic E-state index is 8.05. The van der Waals surface area contributed by atoms with Crippen LogP contribution in [0.1, 0.15) is 5.69 Å². The summed E-state index contributed by atoms with van der Waals surface area (Å²) >= 11 is 0. The molecule has 0 aliphatic rings. The molecule has 0 saturated heterocycles. The molecular weight excluding hydrogens is 118 g/mol. The SMILES string of the molecule is Cn1cnc(/C=N/O)c1. The fourth-order valence-electron chi connectivity index (χ4n) is 0.559. The molecule has 0 aromatic carbocycles. The van der Waals surface area contributed by atoms with Crippen LogP contribution in [0, 0.1) is 0 Å². The Morgan fingerprint density at radius 3 is 3.11 bits per heavy atom. The van der Waals surface area contributed by atoms with Crippen LogP contribution in [0.3, 0.4) is 0 Å². The second-order valence-electron chi connectivity index (χ2n) is 1.71. The minimum atomic E-state index is 0.653. The maximum absolute atomic E-state index is 8.05. The number of rotatable bonds is 1. The van der Waals surface area contributed by atoms with Gasteiger partial charge in [-0.05, 0) is 0 Å². The zero-order chi connectivity index (χ0) is 6.69. The molecule has 0 aliphatic carbocycles. The van der Waals surface area contributed by atoms with E-state index in [4.69, 9.17) is 5.21 Å². The van der Waals surface area contributed by atoms with Crippen molar-refractivity contribution < 1.29 is 5.21 Å². The minimum absolute atomic E-state index is 0.653. The zero-order valence-corrected chi connectivity index (χ0v) is 5.02. The van der Waals surface area contributed by atoms with E-state index in [1.54, 1.807) is 17.1 Å². The first kappa shape index (κ1) is 5.81. The third kappa shape index (κ3) is 1.28. The smallest absolute Gasteiger partial charge is 0.103 e. The van der Waals surface area contributed by atoms with Crippen molar-refractivity contribution in [2.75, 3.05) is 0 Å². The summed E-state index contributed by atoms with van der Waals surface area (Å²) in [5, 5.41) is 10.9. The maximum Gasteiger partial charge on any atom is 0.103 e. The molecule has 0 spiro atoms. The molecule has 0 bridgehead atoms. The lowest BCUT2D eigenvalue weighted by molar-refractivity contribution is 0.321. The summed E-state index contributed by atoms with van der Waals surface area (Å²) in [6.07, 6.45) is 4.66. The molecule has 9 heavy (non-hydrogen) atoms. The molecule has 0 fully saturated rings. The van der Waals surface area contributed by atoms with Crippen LogP contribution < -0.4 is 0 Å². The van der Waals surface area contributed by atoms with E-state index in [0.29, 0.717) is 5.69 Å². The molecule has 1 aromatic heterocycles. The zero-order valence-electron chi connectivity index (χ0n) is 5.02. The van der Waals surface area contributed by atoms with E-state index in [0.717, 1.165) is 0 Å². The fourth-order valence-corrected chi connectivity index (χ4v) is 0.559. The largest absolute Gasteiger partial charge is 0.411 e. The van der Waals surface area contributed by atoms with Crippen LogP contribution >= 0.6 is 0 Å². The Hall–Kier alpha value is -1.32. The quantitative estimate of drug-likeness (QED) is 0.332. The van der Waals surface area contributed by atoms with Crippen molar-refractivity contribution in [2.45, 2.75) is 0 Å². The number of oxime groups is 1. The van der Waals surface area contributed by atoms with E-state index in [-0.39, 0.29) is 0 Å². The molecule has 1 heterocycles. The van der Waals surface area contributed by atoms with Gasteiger partial charge in [0.05, 0.1) is 12.5 Å². The molecule has 4 heteroatoms. The predicted octanol–water partition coefficient (Wildman–Crippen LogP) is 0.228. The van der Waals surface area contributed by atoms with Crippen LogP contribution in [0.5, 0.6) is 0 Å². The fraction of sp³-hybridized carbons (Fsp3) is 0.200. The van der Waals surface area contributed by atoms with Crippen LogP contribution in [0.2, 0.25) is 0 Å². The monoisotopic (exact) mass is 125 g/mol. The highest BCUT2D eigenvalue weighted by Crippen LogP contribution is 1.87. The van der Waals surface area contributed by atoms with Gasteiger partial charge in [-0.25, -0.2) is 4.98 Å². The molecule has 0 unspecified atom stereocenters. The Bertz CT molecular complexity index is 216. The van der Waals surface area contributed by atoms with E-state index in [9.17, 15) is 0 Å². The van der Waals surface area contributed by atoms with Crippen LogP contribution in [0.15, 0.2) is 17.7 Å². The first-order chi connectivity index (χ1) is 4.33. The summed E-state index contributed by atoms with van der Waals surface area (Å²) in [4.78, 5) is 3.86. The lowest BCUT2D eigenvalue weighted by Gasteiger charge is -1.79. The minimum Gasteiger partial charge on any atom is -0.411 e. The average molecular weight is 125 g/mol. The van der Waals surface area contributed by atoms with E-state index in [1.807, 2.05) is 7.05 Å². The van der Waals surface area contributed by atoms with Gasteiger partial charge in [0.1, 0.15) is 5.69 Å². The lowest BCUT2D eigenvalue weighted by Crippen LogP contribution is -1.79. The molecule has 1 rings (SSSR count). The second-order valence-corrected chi connectivity index (χ2v) is 1.71. The first-order valence-electron chi connectivity index (χ1n) is 2.48. The van der Waals surface area contributed by atoms with Crippen LogP contribution in [0.25, 0.3) is 0 Å². The topological polar surface area (TPSA) is 50.4 Å². The van der Waals surface area contributed by atoms with E-state index >= 15 is 0 Å². The number of nitrogens with zero attached hydrogens (tertiary/aromatic N) is 3. The van der Waals surface area contributed by atoms with Gasteiger partial charge in [0, 0.05) is 13.2 Å². The third-order valence-electron chi connectivity index (χ3n) is 0.915.